The molecule has 1 fully saturated rings. The van der Waals surface area contributed by atoms with E-state index in [4.69, 9.17) is 4.74 Å². The molecule has 0 radical (unpaired) electrons. The number of esters is 1. The first kappa shape index (κ1) is 21.1. The highest BCUT2D eigenvalue weighted by atomic mass is 32.2. The normalized spacial score (nSPS) is 20.4. The highest BCUT2D eigenvalue weighted by molar-refractivity contribution is 7.90. The molecule has 1 aliphatic heterocycles. The minimum Gasteiger partial charge on any atom is -0.465 e. The van der Waals surface area contributed by atoms with Crippen molar-refractivity contribution in [1.29, 1.82) is 0 Å². The second-order valence-corrected chi connectivity index (χ2v) is 8.57. The number of nitrogens with zero attached hydrogens (tertiary/aromatic N) is 3. The second-order valence-electron chi connectivity index (χ2n) is 6.97. The van der Waals surface area contributed by atoms with Crippen molar-refractivity contribution in [1.82, 2.24) is 4.90 Å². The van der Waals surface area contributed by atoms with Crippen LogP contribution in [0.2, 0.25) is 0 Å². The van der Waals surface area contributed by atoms with Crippen LogP contribution >= 0.6 is 0 Å². The highest BCUT2D eigenvalue weighted by Crippen LogP contribution is 2.29. The molecule has 0 aliphatic carbocycles. The van der Waals surface area contributed by atoms with Crippen molar-refractivity contribution in [2.24, 2.45) is 15.3 Å². The molecule has 148 valence electrons. The number of sulfonamides is 1. The number of likely N-dealkylation sites (tertiary alicyclic amines) is 1. The quantitative estimate of drug-likeness (QED) is 0.694. The number of carbonyl (C=O) groups is 1. The molecule has 1 unspecified atom stereocenters. The fourth-order valence-electron chi connectivity index (χ4n) is 2.79. The first-order valence-electron chi connectivity index (χ1n) is 9.03. The van der Waals surface area contributed by atoms with Crippen LogP contribution in [-0.4, -0.2) is 49.6 Å². The average molecular weight is 394 g/mol. The minimum absolute atomic E-state index is 0.0477. The number of benzene rings is 1. The maximum absolute atomic E-state index is 12.8. The number of hydrogen-bond donors (Lipinski definition) is 0. The lowest BCUT2D eigenvalue weighted by Crippen LogP contribution is -2.63. The lowest BCUT2D eigenvalue weighted by atomic mass is 9.93. The molecular formula is C19H27N3O4S. The smallest absolute Gasteiger partial charge is 0.324 e. The lowest BCUT2D eigenvalue weighted by molar-refractivity contribution is -0.144. The Hall–Kier alpha value is -2.22. The summed E-state index contributed by atoms with van der Waals surface area (Å²) in [4.78, 5) is 18.7. The summed E-state index contributed by atoms with van der Waals surface area (Å²) < 4.78 is 34.6. The van der Waals surface area contributed by atoms with Crippen LogP contribution in [0.5, 0.6) is 0 Å². The monoisotopic (exact) mass is 393 g/mol. The fourth-order valence-corrected chi connectivity index (χ4v) is 3.82. The van der Waals surface area contributed by atoms with Gasteiger partial charge in [-0.15, -0.1) is 4.40 Å². The van der Waals surface area contributed by atoms with Crippen LogP contribution in [0.15, 0.2) is 38.6 Å². The summed E-state index contributed by atoms with van der Waals surface area (Å²) in [6, 6.07) is 6.30. The van der Waals surface area contributed by atoms with Gasteiger partial charge >= 0.3 is 5.97 Å². The van der Waals surface area contributed by atoms with Gasteiger partial charge < -0.3 is 9.64 Å². The Labute approximate surface area is 161 Å². The van der Waals surface area contributed by atoms with E-state index in [1.807, 2.05) is 34.6 Å². The third-order valence-electron chi connectivity index (χ3n) is 3.97. The Bertz CT molecular complexity index is 855. The summed E-state index contributed by atoms with van der Waals surface area (Å²) in [6.07, 6.45) is 0. The molecule has 1 aliphatic rings. The van der Waals surface area contributed by atoms with Gasteiger partial charge in [0.2, 0.25) is 0 Å². The zero-order valence-electron chi connectivity index (χ0n) is 16.6. The zero-order valence-corrected chi connectivity index (χ0v) is 17.4. The van der Waals surface area contributed by atoms with Gasteiger partial charge in [-0.1, -0.05) is 17.7 Å². The van der Waals surface area contributed by atoms with Crippen LogP contribution in [0.3, 0.4) is 0 Å². The van der Waals surface area contributed by atoms with Gasteiger partial charge in [-0.2, -0.15) is 8.42 Å². The van der Waals surface area contributed by atoms with Crippen molar-refractivity contribution in [2.45, 2.75) is 58.5 Å². The molecule has 0 bridgehead atoms. The van der Waals surface area contributed by atoms with Crippen LogP contribution in [0, 0.1) is 12.8 Å². The van der Waals surface area contributed by atoms with Gasteiger partial charge in [-0.25, -0.2) is 0 Å². The molecule has 1 heterocycles. The maximum Gasteiger partial charge on any atom is 0.324 e. The number of rotatable bonds is 6. The van der Waals surface area contributed by atoms with Crippen molar-refractivity contribution in [3.05, 3.63) is 29.8 Å². The first-order valence-corrected chi connectivity index (χ1v) is 10.5. The summed E-state index contributed by atoms with van der Waals surface area (Å²) in [5.41, 5.74) is 0.949. The molecule has 0 aromatic heterocycles. The summed E-state index contributed by atoms with van der Waals surface area (Å²) in [7, 11) is -3.95. The zero-order chi connectivity index (χ0) is 20.4. The maximum atomic E-state index is 12.8. The predicted octanol–water partition coefficient (Wildman–Crippen LogP) is 2.79. The third kappa shape index (κ3) is 4.55. The molecular weight excluding hydrogens is 366 g/mol. The largest absolute Gasteiger partial charge is 0.465 e. The highest BCUT2D eigenvalue weighted by Gasteiger charge is 2.50. The van der Waals surface area contributed by atoms with Gasteiger partial charge in [0.15, 0.2) is 5.92 Å². The molecule has 1 aromatic carbocycles. The van der Waals surface area contributed by atoms with Crippen molar-refractivity contribution in [3.63, 3.8) is 0 Å². The van der Waals surface area contributed by atoms with E-state index in [0.717, 1.165) is 5.56 Å². The molecule has 2 rings (SSSR count). The number of ether oxygens (including phenoxy) is 1. The Balaban J connectivity index is 2.53. The van der Waals surface area contributed by atoms with Gasteiger partial charge in [-0.3, -0.25) is 9.79 Å². The number of aliphatic imine (C=N–C) groups is 1. The predicted molar refractivity (Wildman–Crippen MR) is 105 cm³/mol. The Morgan fingerprint density at radius 2 is 1.74 bits per heavy atom. The Kier molecular flexibility index (Phi) is 6.41. The topological polar surface area (TPSA) is 88.4 Å². The molecule has 1 aromatic rings. The van der Waals surface area contributed by atoms with E-state index >= 15 is 0 Å². The summed E-state index contributed by atoms with van der Waals surface area (Å²) in [6.45, 7) is 11.4. The molecule has 8 heteroatoms. The van der Waals surface area contributed by atoms with Gasteiger partial charge in [0.25, 0.3) is 10.0 Å². The van der Waals surface area contributed by atoms with Gasteiger partial charge in [0, 0.05) is 12.1 Å². The average Bonchev–Trinajstić information content (AvgIpc) is 2.53. The SMILES string of the molecule is CCOC(=O)C1C(=NC(C)C)N(C(C)C)/C1=N/S(=O)(=O)c1ccc(C)cc1. The summed E-state index contributed by atoms with van der Waals surface area (Å²) >= 11 is 0. The minimum atomic E-state index is -3.95. The van der Waals surface area contributed by atoms with E-state index in [9.17, 15) is 13.2 Å². The fraction of sp³-hybridized carbons (Fsp3) is 0.526. The van der Waals surface area contributed by atoms with E-state index in [0.29, 0.717) is 5.84 Å². The van der Waals surface area contributed by atoms with E-state index in [1.54, 1.807) is 24.0 Å². The third-order valence-corrected chi connectivity index (χ3v) is 5.27. The Morgan fingerprint density at radius 3 is 2.22 bits per heavy atom. The van der Waals surface area contributed by atoms with Crippen LogP contribution in [0.4, 0.5) is 0 Å². The molecule has 27 heavy (non-hydrogen) atoms. The Morgan fingerprint density at radius 1 is 1.15 bits per heavy atom. The molecule has 0 N–H and O–H groups in total. The summed E-state index contributed by atoms with van der Waals surface area (Å²) in [5, 5.41) is 0. The van der Waals surface area contributed by atoms with Crippen LogP contribution in [0.25, 0.3) is 0 Å². The van der Waals surface area contributed by atoms with Crippen LogP contribution in [0.1, 0.15) is 40.2 Å². The standard InChI is InChI=1S/C19H27N3O4S/c1-7-26-19(23)16-17(20-12(2)3)22(13(4)5)18(16)21-27(24,25)15-10-8-14(6)9-11-15/h8-13,16H,7H2,1-6H3/b20-17?,21-18+. The molecule has 0 spiro atoms. The number of aryl methyl sites for hydroxylation is 1. The molecule has 0 amide bonds. The van der Waals surface area contributed by atoms with Crippen molar-refractivity contribution >= 4 is 27.7 Å². The number of hydrogen-bond acceptors (Lipinski definition) is 5. The molecule has 1 saturated heterocycles. The molecule has 0 saturated carbocycles. The van der Waals surface area contributed by atoms with E-state index in [-0.39, 0.29) is 29.4 Å². The van der Waals surface area contributed by atoms with Crippen molar-refractivity contribution in [3.8, 4) is 0 Å². The van der Waals surface area contributed by atoms with Gasteiger partial charge in [0.1, 0.15) is 11.7 Å². The first-order chi connectivity index (χ1) is 12.6. The van der Waals surface area contributed by atoms with Crippen LogP contribution < -0.4 is 0 Å². The number of amidine groups is 2. The van der Waals surface area contributed by atoms with E-state index in [1.165, 1.54) is 12.1 Å². The van der Waals surface area contributed by atoms with Crippen molar-refractivity contribution < 1.29 is 17.9 Å². The van der Waals surface area contributed by atoms with Crippen LogP contribution in [-0.2, 0) is 19.6 Å². The second kappa shape index (κ2) is 8.21. The van der Waals surface area contributed by atoms with E-state index < -0.39 is 21.9 Å². The lowest BCUT2D eigenvalue weighted by Gasteiger charge is -2.44. The van der Waals surface area contributed by atoms with Crippen molar-refractivity contribution in [2.75, 3.05) is 6.61 Å². The molecule has 7 nitrogen and oxygen atoms in total. The van der Waals surface area contributed by atoms with E-state index in [2.05, 4.69) is 9.39 Å². The summed E-state index contributed by atoms with van der Waals surface area (Å²) in [5.74, 6) is -0.777. The van der Waals surface area contributed by atoms with Gasteiger partial charge in [-0.05, 0) is 53.7 Å². The molecule has 1 atom stereocenters. The number of carbonyl (C=O) groups excluding carboxylic acids is 1. The van der Waals surface area contributed by atoms with Gasteiger partial charge in [0.05, 0.1) is 11.5 Å².